The molecule has 0 heterocycles. The summed E-state index contributed by atoms with van der Waals surface area (Å²) in [6.07, 6.45) is 0. The molecule has 0 saturated heterocycles. The normalized spacial score (nSPS) is 10.2. The summed E-state index contributed by atoms with van der Waals surface area (Å²) in [5.74, 6) is -0.867. The van der Waals surface area contributed by atoms with Gasteiger partial charge in [-0.1, -0.05) is 23.8 Å². The molecule has 2 rings (SSSR count). The van der Waals surface area contributed by atoms with Crippen molar-refractivity contribution in [3.05, 3.63) is 62.8 Å². The summed E-state index contributed by atoms with van der Waals surface area (Å²) in [7, 11) is 0. The van der Waals surface area contributed by atoms with Crippen LogP contribution in [0.3, 0.4) is 0 Å². The molecular weight excluding hydrogens is 379 g/mol. The predicted octanol–water partition coefficient (Wildman–Crippen LogP) is 4.13. The van der Waals surface area contributed by atoms with Crippen LogP contribution in [0.5, 0.6) is 0 Å². The highest BCUT2D eigenvalue weighted by Crippen LogP contribution is 2.23. The Balaban J connectivity index is 2.33. The number of hydrogen-bond donors (Lipinski definition) is 2. The Morgan fingerprint density at radius 1 is 1.29 bits per heavy atom. The van der Waals surface area contributed by atoms with Crippen molar-refractivity contribution in [1.29, 1.82) is 0 Å². The average molecular weight is 388 g/mol. The maximum absolute atomic E-state index is 13.2. The first-order valence-electron chi connectivity index (χ1n) is 5.74. The number of carbonyl (C=O) groups excluding carboxylic acids is 1. The van der Waals surface area contributed by atoms with Gasteiger partial charge in [0, 0.05) is 16.1 Å². The smallest absolute Gasteiger partial charge is 0.255 e. The van der Waals surface area contributed by atoms with Crippen molar-refractivity contribution < 1.29 is 9.18 Å². The molecule has 0 spiro atoms. The lowest BCUT2D eigenvalue weighted by Crippen LogP contribution is -2.17. The van der Waals surface area contributed by atoms with E-state index in [1.807, 2.05) is 0 Å². The van der Waals surface area contributed by atoms with E-state index in [1.165, 1.54) is 18.2 Å². The first-order chi connectivity index (χ1) is 9.88. The number of hydrogen-bond acceptors (Lipinski definition) is 2. The molecule has 2 aromatic rings. The fraction of sp³-hybridized carbons (Fsp3) is 0. The Morgan fingerprint density at radius 3 is 2.62 bits per heavy atom. The lowest BCUT2D eigenvalue weighted by Gasteiger charge is -2.11. The van der Waals surface area contributed by atoms with Gasteiger partial charge in [0.2, 0.25) is 0 Å². The quantitative estimate of drug-likeness (QED) is 0.779. The molecule has 7 heteroatoms. The minimum Gasteiger partial charge on any atom is -0.389 e. The molecule has 0 aromatic heterocycles. The van der Waals surface area contributed by atoms with E-state index in [4.69, 9.17) is 29.6 Å². The number of rotatable bonds is 3. The second-order valence-corrected chi connectivity index (χ2v) is 5.87. The summed E-state index contributed by atoms with van der Waals surface area (Å²) in [4.78, 5) is 12.3. The van der Waals surface area contributed by atoms with E-state index in [9.17, 15) is 9.18 Å². The van der Waals surface area contributed by atoms with Crippen LogP contribution in [0.15, 0.2) is 40.9 Å². The maximum atomic E-state index is 13.2. The molecule has 0 unspecified atom stereocenters. The van der Waals surface area contributed by atoms with Gasteiger partial charge in [-0.2, -0.15) is 0 Å². The van der Waals surface area contributed by atoms with Crippen LogP contribution in [0.25, 0.3) is 0 Å². The minimum atomic E-state index is -0.446. The standard InChI is InChI=1S/C14H9BrClFN2OS/c15-10-5-7(1-4-11(10)17)14(20)19-12-6-8(16)2-3-9(12)13(18)21/h1-6H,(H2,18,21)(H,19,20). The number of thiocarbonyl (C=S) groups is 1. The fourth-order valence-electron chi connectivity index (χ4n) is 1.67. The van der Waals surface area contributed by atoms with Crippen molar-refractivity contribution in [3.63, 3.8) is 0 Å². The number of nitrogens with two attached hydrogens (primary N) is 1. The second-order valence-electron chi connectivity index (χ2n) is 4.14. The zero-order valence-corrected chi connectivity index (χ0v) is 13.7. The van der Waals surface area contributed by atoms with Crippen molar-refractivity contribution in [2.45, 2.75) is 0 Å². The molecule has 0 atom stereocenters. The highest BCUT2D eigenvalue weighted by Gasteiger charge is 2.12. The maximum Gasteiger partial charge on any atom is 0.255 e. The molecule has 0 aliphatic heterocycles. The van der Waals surface area contributed by atoms with E-state index >= 15 is 0 Å². The van der Waals surface area contributed by atoms with Gasteiger partial charge in [-0.25, -0.2) is 4.39 Å². The molecule has 0 radical (unpaired) electrons. The third kappa shape index (κ3) is 3.78. The van der Waals surface area contributed by atoms with Crippen molar-refractivity contribution in [2.75, 3.05) is 5.32 Å². The summed E-state index contributed by atoms with van der Waals surface area (Å²) in [6.45, 7) is 0. The van der Waals surface area contributed by atoms with Crippen molar-refractivity contribution >= 4 is 56.3 Å². The van der Waals surface area contributed by atoms with Crippen LogP contribution >= 0.6 is 39.7 Å². The van der Waals surface area contributed by atoms with Gasteiger partial charge >= 0.3 is 0 Å². The van der Waals surface area contributed by atoms with Gasteiger partial charge in [0.05, 0.1) is 10.2 Å². The first-order valence-corrected chi connectivity index (χ1v) is 7.32. The van der Waals surface area contributed by atoms with E-state index in [0.29, 0.717) is 16.3 Å². The highest BCUT2D eigenvalue weighted by molar-refractivity contribution is 9.10. The number of amides is 1. The Kier molecular flexibility index (Phi) is 4.92. The monoisotopic (exact) mass is 386 g/mol. The van der Waals surface area contributed by atoms with E-state index < -0.39 is 11.7 Å². The number of halogens is 3. The van der Waals surface area contributed by atoms with Crippen LogP contribution in [0.1, 0.15) is 15.9 Å². The molecule has 0 fully saturated rings. The Labute approximate surface area is 139 Å². The largest absolute Gasteiger partial charge is 0.389 e. The molecule has 2 aromatic carbocycles. The number of anilines is 1. The highest BCUT2D eigenvalue weighted by atomic mass is 79.9. The van der Waals surface area contributed by atoms with Gasteiger partial charge in [-0.3, -0.25) is 4.79 Å². The molecule has 108 valence electrons. The van der Waals surface area contributed by atoms with Crippen molar-refractivity contribution in [2.24, 2.45) is 5.73 Å². The summed E-state index contributed by atoms with van der Waals surface area (Å²) < 4.78 is 13.4. The molecule has 1 amide bonds. The Bertz CT molecular complexity index is 739. The third-order valence-corrected chi connectivity index (χ3v) is 3.74. The van der Waals surface area contributed by atoms with Gasteiger partial charge in [0.25, 0.3) is 5.91 Å². The van der Waals surface area contributed by atoms with E-state index in [2.05, 4.69) is 21.2 Å². The van der Waals surface area contributed by atoms with Gasteiger partial charge in [-0.05, 0) is 52.3 Å². The Hall–Kier alpha value is -1.50. The lowest BCUT2D eigenvalue weighted by molar-refractivity contribution is 0.102. The fourth-order valence-corrected chi connectivity index (χ4v) is 2.40. The zero-order valence-electron chi connectivity index (χ0n) is 10.5. The van der Waals surface area contributed by atoms with E-state index in [0.717, 1.165) is 0 Å². The summed E-state index contributed by atoms with van der Waals surface area (Å²) in [5.41, 5.74) is 6.80. The molecule has 0 aliphatic carbocycles. The average Bonchev–Trinajstić information content (AvgIpc) is 2.41. The van der Waals surface area contributed by atoms with Crippen molar-refractivity contribution in [3.8, 4) is 0 Å². The molecule has 21 heavy (non-hydrogen) atoms. The summed E-state index contributed by atoms with van der Waals surface area (Å²) >= 11 is 13.9. The minimum absolute atomic E-state index is 0.141. The molecule has 0 saturated carbocycles. The second kappa shape index (κ2) is 6.51. The summed E-state index contributed by atoms with van der Waals surface area (Å²) in [6, 6.07) is 8.76. The van der Waals surface area contributed by atoms with Gasteiger partial charge in [0.15, 0.2) is 0 Å². The predicted molar refractivity (Wildman–Crippen MR) is 89.4 cm³/mol. The molecular formula is C14H9BrClFN2OS. The number of benzene rings is 2. The van der Waals surface area contributed by atoms with Crippen LogP contribution in [0.2, 0.25) is 5.02 Å². The van der Waals surface area contributed by atoms with Crippen LogP contribution in [-0.4, -0.2) is 10.9 Å². The molecule has 0 bridgehead atoms. The van der Waals surface area contributed by atoms with E-state index in [-0.39, 0.29) is 15.0 Å². The number of nitrogens with one attached hydrogen (secondary N) is 1. The third-order valence-electron chi connectivity index (χ3n) is 2.68. The number of carbonyl (C=O) groups is 1. The molecule has 3 nitrogen and oxygen atoms in total. The van der Waals surface area contributed by atoms with Crippen LogP contribution < -0.4 is 11.1 Å². The SMILES string of the molecule is NC(=S)c1ccc(Cl)cc1NC(=O)c1ccc(F)c(Br)c1. The molecule has 3 N–H and O–H groups in total. The van der Waals surface area contributed by atoms with Gasteiger partial charge in [-0.15, -0.1) is 0 Å². The van der Waals surface area contributed by atoms with E-state index in [1.54, 1.807) is 18.2 Å². The zero-order chi connectivity index (χ0) is 15.6. The van der Waals surface area contributed by atoms with Crippen LogP contribution in [-0.2, 0) is 0 Å². The van der Waals surface area contributed by atoms with Gasteiger partial charge in [0.1, 0.15) is 10.8 Å². The van der Waals surface area contributed by atoms with Crippen LogP contribution in [0.4, 0.5) is 10.1 Å². The summed E-state index contributed by atoms with van der Waals surface area (Å²) in [5, 5.41) is 3.10. The van der Waals surface area contributed by atoms with Gasteiger partial charge < -0.3 is 11.1 Å². The Morgan fingerprint density at radius 2 is 2.00 bits per heavy atom. The molecule has 0 aliphatic rings. The van der Waals surface area contributed by atoms with Crippen molar-refractivity contribution in [1.82, 2.24) is 0 Å². The van der Waals surface area contributed by atoms with Crippen LogP contribution in [0, 0.1) is 5.82 Å². The topological polar surface area (TPSA) is 55.1 Å². The first kappa shape index (κ1) is 15.9. The lowest BCUT2D eigenvalue weighted by atomic mass is 10.1.